The monoisotopic (exact) mass is 422 g/mol. The van der Waals surface area contributed by atoms with Crippen molar-refractivity contribution < 1.29 is 4.39 Å². The second kappa shape index (κ2) is 7.72. The summed E-state index contributed by atoms with van der Waals surface area (Å²) < 4.78 is 14.8. The first-order chi connectivity index (χ1) is 13.0. The number of thiophene rings is 1. The average molecular weight is 423 g/mol. The lowest BCUT2D eigenvalue weighted by molar-refractivity contribution is 0.528. The quantitative estimate of drug-likeness (QED) is 0.429. The molecule has 1 aliphatic carbocycles. The Morgan fingerprint density at radius 1 is 1.30 bits per heavy atom. The Labute approximate surface area is 170 Å². The van der Waals surface area contributed by atoms with E-state index in [0.29, 0.717) is 27.8 Å². The van der Waals surface area contributed by atoms with Gasteiger partial charge < -0.3 is 11.1 Å². The molecular formula is C19H17Cl2FN4S. The predicted octanol–water partition coefficient (Wildman–Crippen LogP) is 5.51. The van der Waals surface area contributed by atoms with Crippen LogP contribution in [0.4, 0.5) is 10.1 Å². The van der Waals surface area contributed by atoms with Crippen LogP contribution in [-0.4, -0.2) is 16.0 Å². The topological polar surface area (TPSA) is 63.8 Å². The van der Waals surface area contributed by atoms with E-state index in [0.717, 1.165) is 28.1 Å². The zero-order chi connectivity index (χ0) is 19.0. The van der Waals surface area contributed by atoms with Crippen LogP contribution in [0.5, 0.6) is 0 Å². The third kappa shape index (κ3) is 3.67. The van der Waals surface area contributed by atoms with Crippen molar-refractivity contribution in [3.8, 4) is 0 Å². The largest absolute Gasteiger partial charge is 0.380 e. The molecule has 27 heavy (non-hydrogen) atoms. The first-order valence-electron chi connectivity index (χ1n) is 8.56. The summed E-state index contributed by atoms with van der Waals surface area (Å²) in [6, 6.07) is 3.40. The fourth-order valence-corrected chi connectivity index (χ4v) is 5.23. The minimum Gasteiger partial charge on any atom is -0.380 e. The number of pyridine rings is 2. The summed E-state index contributed by atoms with van der Waals surface area (Å²) in [5.74, 6) is -0.197. The molecule has 1 aliphatic rings. The normalized spacial score (nSPS) is 19.6. The van der Waals surface area contributed by atoms with Gasteiger partial charge in [0.15, 0.2) is 0 Å². The van der Waals surface area contributed by atoms with E-state index in [4.69, 9.17) is 28.9 Å². The molecule has 8 heteroatoms. The number of rotatable bonds is 4. The number of nitrogens with zero attached hydrogens (tertiary/aromatic N) is 2. The van der Waals surface area contributed by atoms with E-state index in [-0.39, 0.29) is 17.8 Å². The molecule has 3 aromatic heterocycles. The number of hydrogen-bond donors (Lipinski definition) is 2. The van der Waals surface area contributed by atoms with Crippen LogP contribution in [0.3, 0.4) is 0 Å². The molecule has 3 heterocycles. The number of allylic oxidation sites excluding steroid dienone is 1. The molecule has 140 valence electrons. The molecule has 0 radical (unpaired) electrons. The van der Waals surface area contributed by atoms with Crippen LogP contribution in [0.25, 0.3) is 10.2 Å². The highest BCUT2D eigenvalue weighted by Crippen LogP contribution is 2.45. The highest BCUT2D eigenvalue weighted by atomic mass is 35.5. The molecule has 0 saturated heterocycles. The maximum Gasteiger partial charge on any atom is 0.146 e. The maximum atomic E-state index is 13.9. The summed E-state index contributed by atoms with van der Waals surface area (Å²) >= 11 is 14.4. The number of fused-ring (bicyclic) bond motifs is 1. The SMILES string of the molecule is N[C@H]1CC=CC[C@@H]1c1sc2c(NCc3ccncc3F)cc(Cl)nc2c1Cl. The van der Waals surface area contributed by atoms with Crippen LogP contribution in [0.1, 0.15) is 29.2 Å². The first kappa shape index (κ1) is 18.6. The minimum atomic E-state index is -0.355. The van der Waals surface area contributed by atoms with Crippen LogP contribution in [0.15, 0.2) is 36.7 Å². The Bertz CT molecular complexity index is 1020. The van der Waals surface area contributed by atoms with E-state index in [9.17, 15) is 4.39 Å². The molecule has 3 aromatic rings. The number of halogens is 3. The van der Waals surface area contributed by atoms with E-state index >= 15 is 0 Å². The third-order valence-electron chi connectivity index (χ3n) is 4.72. The van der Waals surface area contributed by atoms with Gasteiger partial charge in [0.05, 0.1) is 21.6 Å². The standard InChI is InChI=1S/C19H17Cl2FN4S/c20-15-7-14(25-8-10-5-6-24-9-12(10)22)19-17(26-15)16(21)18(27-19)11-3-1-2-4-13(11)23/h1-2,5-7,9,11,13H,3-4,8,23H2,(H,25,26)/t11-,13-/m0/s1. The van der Waals surface area contributed by atoms with Crippen molar-refractivity contribution in [3.05, 3.63) is 63.1 Å². The van der Waals surface area contributed by atoms with E-state index in [1.165, 1.54) is 6.20 Å². The van der Waals surface area contributed by atoms with Gasteiger partial charge in [-0.25, -0.2) is 9.37 Å². The summed E-state index contributed by atoms with van der Waals surface area (Å²) in [7, 11) is 0. The van der Waals surface area contributed by atoms with Gasteiger partial charge in [-0.1, -0.05) is 35.4 Å². The van der Waals surface area contributed by atoms with Gasteiger partial charge >= 0.3 is 0 Å². The first-order valence-corrected chi connectivity index (χ1v) is 10.1. The fourth-order valence-electron chi connectivity index (χ4n) is 3.27. The minimum absolute atomic E-state index is 0.0263. The Morgan fingerprint density at radius 3 is 2.89 bits per heavy atom. The predicted molar refractivity (Wildman–Crippen MR) is 110 cm³/mol. The van der Waals surface area contributed by atoms with Crippen molar-refractivity contribution in [1.82, 2.24) is 9.97 Å². The summed E-state index contributed by atoms with van der Waals surface area (Å²) in [6.07, 6.45) is 8.69. The molecule has 0 bridgehead atoms. The van der Waals surface area contributed by atoms with E-state index in [1.807, 2.05) is 0 Å². The number of aromatic nitrogens is 2. The average Bonchev–Trinajstić information content (AvgIpc) is 2.98. The molecule has 0 aliphatic heterocycles. The molecule has 0 unspecified atom stereocenters. The Hall–Kier alpha value is -1.73. The molecule has 0 fully saturated rings. The molecule has 0 aromatic carbocycles. The Morgan fingerprint density at radius 2 is 2.11 bits per heavy atom. The summed E-state index contributed by atoms with van der Waals surface area (Å²) in [6.45, 7) is 0.306. The lowest BCUT2D eigenvalue weighted by atomic mass is 9.88. The van der Waals surface area contributed by atoms with Crippen molar-refractivity contribution in [2.24, 2.45) is 5.73 Å². The van der Waals surface area contributed by atoms with Crippen LogP contribution in [0, 0.1) is 5.82 Å². The zero-order valence-electron chi connectivity index (χ0n) is 14.3. The zero-order valence-corrected chi connectivity index (χ0v) is 16.6. The van der Waals surface area contributed by atoms with Gasteiger partial charge in [0.2, 0.25) is 0 Å². The summed E-state index contributed by atoms with van der Waals surface area (Å²) in [5, 5.41) is 4.19. The molecule has 4 rings (SSSR count). The van der Waals surface area contributed by atoms with Crippen LogP contribution in [0.2, 0.25) is 10.2 Å². The fraction of sp³-hybridized carbons (Fsp3) is 0.263. The van der Waals surface area contributed by atoms with Crippen LogP contribution < -0.4 is 11.1 Å². The molecular weight excluding hydrogens is 406 g/mol. The third-order valence-corrected chi connectivity index (χ3v) is 6.75. The molecule has 0 spiro atoms. The van der Waals surface area contributed by atoms with Crippen molar-refractivity contribution in [2.45, 2.75) is 31.3 Å². The van der Waals surface area contributed by atoms with E-state index in [2.05, 4.69) is 27.4 Å². The highest BCUT2D eigenvalue weighted by molar-refractivity contribution is 7.20. The van der Waals surface area contributed by atoms with Crippen LogP contribution >= 0.6 is 34.5 Å². The van der Waals surface area contributed by atoms with Gasteiger partial charge in [-0.15, -0.1) is 11.3 Å². The Balaban J connectivity index is 1.72. The van der Waals surface area contributed by atoms with Gasteiger partial charge in [-0.05, 0) is 18.9 Å². The smallest absolute Gasteiger partial charge is 0.146 e. The lowest BCUT2D eigenvalue weighted by Crippen LogP contribution is -2.29. The van der Waals surface area contributed by atoms with Gasteiger partial charge in [0, 0.05) is 41.2 Å². The van der Waals surface area contributed by atoms with Gasteiger partial charge in [0.25, 0.3) is 0 Å². The number of nitrogens with two attached hydrogens (primary N) is 1. The molecule has 0 amide bonds. The highest BCUT2D eigenvalue weighted by Gasteiger charge is 2.27. The summed E-state index contributed by atoms with van der Waals surface area (Å²) in [4.78, 5) is 9.21. The molecule has 2 atom stereocenters. The van der Waals surface area contributed by atoms with Crippen LogP contribution in [-0.2, 0) is 6.54 Å². The maximum absolute atomic E-state index is 13.9. The second-order valence-electron chi connectivity index (χ2n) is 6.48. The lowest BCUT2D eigenvalue weighted by Gasteiger charge is -2.24. The van der Waals surface area contributed by atoms with E-state index < -0.39 is 0 Å². The number of anilines is 1. The van der Waals surface area contributed by atoms with Crippen molar-refractivity contribution >= 4 is 50.4 Å². The summed E-state index contributed by atoms with van der Waals surface area (Å²) in [5.41, 5.74) is 8.26. The number of nitrogens with one attached hydrogen (secondary N) is 1. The number of hydrogen-bond acceptors (Lipinski definition) is 5. The second-order valence-corrected chi connectivity index (χ2v) is 8.30. The molecule has 4 nitrogen and oxygen atoms in total. The van der Waals surface area contributed by atoms with E-state index in [1.54, 1.807) is 29.7 Å². The van der Waals surface area contributed by atoms with Crippen molar-refractivity contribution in [2.75, 3.05) is 5.32 Å². The Kier molecular flexibility index (Phi) is 5.32. The van der Waals surface area contributed by atoms with Crippen molar-refractivity contribution in [3.63, 3.8) is 0 Å². The molecule has 3 N–H and O–H groups in total. The molecule has 0 saturated carbocycles. The van der Waals surface area contributed by atoms with Gasteiger partial charge in [-0.2, -0.15) is 0 Å². The van der Waals surface area contributed by atoms with Crippen molar-refractivity contribution in [1.29, 1.82) is 0 Å². The van der Waals surface area contributed by atoms with Gasteiger partial charge in [-0.3, -0.25) is 4.98 Å². The van der Waals surface area contributed by atoms with Gasteiger partial charge in [0.1, 0.15) is 16.5 Å².